The fourth-order valence-corrected chi connectivity index (χ4v) is 3.04. The molecule has 0 saturated heterocycles. The van der Waals surface area contributed by atoms with Crippen LogP contribution in [0.2, 0.25) is 0 Å². The number of pyridine rings is 2. The van der Waals surface area contributed by atoms with Crippen molar-refractivity contribution in [3.05, 3.63) is 67.1 Å². The van der Waals surface area contributed by atoms with Crippen molar-refractivity contribution in [1.29, 1.82) is 0 Å². The van der Waals surface area contributed by atoms with E-state index in [1.807, 2.05) is 66.2 Å². The summed E-state index contributed by atoms with van der Waals surface area (Å²) in [6.07, 6.45) is 5.56. The van der Waals surface area contributed by atoms with E-state index in [0.717, 1.165) is 33.7 Å². The lowest BCUT2D eigenvalue weighted by Crippen LogP contribution is -2.28. The molecular weight excluding hydrogens is 352 g/mol. The van der Waals surface area contributed by atoms with Gasteiger partial charge < -0.3 is 16.4 Å². The highest BCUT2D eigenvalue weighted by molar-refractivity contribution is 5.90. The van der Waals surface area contributed by atoms with E-state index >= 15 is 0 Å². The van der Waals surface area contributed by atoms with Gasteiger partial charge in [-0.15, -0.1) is 0 Å². The second-order valence-electron chi connectivity index (χ2n) is 6.32. The average molecular weight is 372 g/mol. The van der Waals surface area contributed by atoms with Crippen LogP contribution in [0.4, 0.5) is 16.3 Å². The number of anilines is 2. The highest BCUT2D eigenvalue weighted by Gasteiger charge is 2.09. The van der Waals surface area contributed by atoms with Crippen molar-refractivity contribution in [1.82, 2.24) is 19.7 Å². The van der Waals surface area contributed by atoms with E-state index in [2.05, 4.69) is 20.6 Å². The molecule has 7 heteroatoms. The monoisotopic (exact) mass is 372 g/mol. The van der Waals surface area contributed by atoms with Crippen molar-refractivity contribution in [2.45, 2.75) is 6.92 Å². The van der Waals surface area contributed by atoms with Crippen LogP contribution in [-0.2, 0) is 0 Å². The lowest BCUT2D eigenvalue weighted by molar-refractivity contribution is 0.252. The fraction of sp³-hybridized carbons (Fsp3) is 0.0952. The predicted molar refractivity (Wildman–Crippen MR) is 111 cm³/mol. The van der Waals surface area contributed by atoms with Gasteiger partial charge in [0.05, 0.1) is 11.9 Å². The van der Waals surface area contributed by atoms with Crippen LogP contribution in [0.25, 0.3) is 28.0 Å². The molecule has 0 aliphatic rings. The van der Waals surface area contributed by atoms with E-state index in [-0.39, 0.29) is 6.03 Å². The summed E-state index contributed by atoms with van der Waals surface area (Å²) in [7, 11) is 0. The number of nitrogens with zero attached hydrogens (tertiary/aromatic N) is 3. The zero-order valence-electron chi connectivity index (χ0n) is 15.4. The van der Waals surface area contributed by atoms with Crippen LogP contribution in [0.3, 0.4) is 0 Å². The molecule has 140 valence electrons. The summed E-state index contributed by atoms with van der Waals surface area (Å²) < 4.78 is 2.01. The molecule has 0 saturated carbocycles. The van der Waals surface area contributed by atoms with Crippen molar-refractivity contribution in [2.24, 2.45) is 0 Å². The lowest BCUT2D eigenvalue weighted by Gasteiger charge is -2.08. The molecule has 1 aromatic carbocycles. The molecule has 0 atom stereocenters. The van der Waals surface area contributed by atoms with E-state index < -0.39 is 0 Å². The van der Waals surface area contributed by atoms with E-state index in [1.54, 1.807) is 12.3 Å². The number of nitrogen functional groups attached to an aromatic ring is 1. The number of carbonyl (C=O) groups excluding carboxylic acids is 1. The quantitative estimate of drug-likeness (QED) is 0.508. The lowest BCUT2D eigenvalue weighted by atomic mass is 10.1. The standard InChI is InChI=1S/C21H20N6O/c1-2-23-21(28)26-17-5-3-4-15(10-17)18-13-25-20-11-14(8-9-27(18)20)16-6-7-19(22)24-12-16/h3-13H,2H2,1H3,(H2,22,24)(H2,23,26,28). The number of hydrogen-bond donors (Lipinski definition) is 3. The number of carbonyl (C=O) groups is 1. The van der Waals surface area contributed by atoms with Gasteiger partial charge in [0.1, 0.15) is 11.5 Å². The molecule has 4 aromatic rings. The summed E-state index contributed by atoms with van der Waals surface area (Å²) in [4.78, 5) is 20.4. The number of urea groups is 1. The molecule has 28 heavy (non-hydrogen) atoms. The fourth-order valence-electron chi connectivity index (χ4n) is 3.04. The Kier molecular flexibility index (Phi) is 4.63. The molecule has 3 heterocycles. The molecule has 0 bridgehead atoms. The normalized spacial score (nSPS) is 10.8. The summed E-state index contributed by atoms with van der Waals surface area (Å²) in [5.74, 6) is 0.494. The molecule has 4 rings (SSSR count). The largest absolute Gasteiger partial charge is 0.384 e. The van der Waals surface area contributed by atoms with Crippen molar-refractivity contribution >= 4 is 23.2 Å². The summed E-state index contributed by atoms with van der Waals surface area (Å²) >= 11 is 0. The molecule has 0 spiro atoms. The van der Waals surface area contributed by atoms with Crippen molar-refractivity contribution in [2.75, 3.05) is 17.6 Å². The molecule has 0 aliphatic heterocycles. The molecule has 0 unspecified atom stereocenters. The van der Waals surface area contributed by atoms with E-state index in [4.69, 9.17) is 5.73 Å². The van der Waals surface area contributed by atoms with Gasteiger partial charge in [0, 0.05) is 35.8 Å². The van der Waals surface area contributed by atoms with Gasteiger partial charge in [-0.1, -0.05) is 12.1 Å². The number of aromatic nitrogens is 3. The number of benzene rings is 1. The Bertz CT molecular complexity index is 1130. The topological polar surface area (TPSA) is 97.3 Å². The Labute approximate surface area is 162 Å². The minimum Gasteiger partial charge on any atom is -0.384 e. The Morgan fingerprint density at radius 1 is 1.04 bits per heavy atom. The van der Waals surface area contributed by atoms with Crippen LogP contribution in [0.15, 0.2) is 67.1 Å². The van der Waals surface area contributed by atoms with Crippen molar-refractivity contribution < 1.29 is 4.79 Å². The minimum absolute atomic E-state index is 0.223. The number of nitrogens with one attached hydrogen (secondary N) is 2. The van der Waals surface area contributed by atoms with Crippen LogP contribution in [-0.4, -0.2) is 26.9 Å². The van der Waals surface area contributed by atoms with Gasteiger partial charge in [0.2, 0.25) is 0 Å². The highest BCUT2D eigenvalue weighted by Crippen LogP contribution is 2.26. The first-order valence-corrected chi connectivity index (χ1v) is 8.98. The van der Waals surface area contributed by atoms with Gasteiger partial charge >= 0.3 is 6.03 Å². The molecule has 2 amide bonds. The number of rotatable bonds is 4. The smallest absolute Gasteiger partial charge is 0.319 e. The highest BCUT2D eigenvalue weighted by atomic mass is 16.2. The molecule has 7 nitrogen and oxygen atoms in total. The molecule has 0 aliphatic carbocycles. The van der Waals surface area contributed by atoms with Crippen LogP contribution >= 0.6 is 0 Å². The number of imidazole rings is 1. The molecule has 0 radical (unpaired) electrons. The molecule has 4 N–H and O–H groups in total. The van der Waals surface area contributed by atoms with Crippen LogP contribution in [0.5, 0.6) is 0 Å². The van der Waals surface area contributed by atoms with Gasteiger partial charge in [-0.3, -0.25) is 4.40 Å². The average Bonchev–Trinajstić information content (AvgIpc) is 3.12. The van der Waals surface area contributed by atoms with Gasteiger partial charge in [0.25, 0.3) is 0 Å². The first kappa shape index (κ1) is 17.5. The SMILES string of the molecule is CCNC(=O)Nc1cccc(-c2cnc3cc(-c4ccc(N)nc4)ccn23)c1. The Morgan fingerprint density at radius 3 is 2.71 bits per heavy atom. The van der Waals surface area contributed by atoms with Crippen LogP contribution < -0.4 is 16.4 Å². The first-order chi connectivity index (χ1) is 13.6. The third-order valence-electron chi connectivity index (χ3n) is 4.39. The molecule has 0 fully saturated rings. The van der Waals surface area contributed by atoms with Crippen LogP contribution in [0.1, 0.15) is 6.92 Å². The Balaban J connectivity index is 1.66. The Hall–Kier alpha value is -3.87. The number of amides is 2. The second kappa shape index (κ2) is 7.40. The number of nitrogens with two attached hydrogens (primary N) is 1. The maximum Gasteiger partial charge on any atom is 0.319 e. The third kappa shape index (κ3) is 3.50. The third-order valence-corrected chi connectivity index (χ3v) is 4.39. The number of hydrogen-bond acceptors (Lipinski definition) is 4. The van der Waals surface area contributed by atoms with Crippen LogP contribution in [0, 0.1) is 0 Å². The van der Waals surface area contributed by atoms with E-state index in [0.29, 0.717) is 12.4 Å². The van der Waals surface area contributed by atoms with Crippen molar-refractivity contribution in [3.8, 4) is 22.4 Å². The van der Waals surface area contributed by atoms with Gasteiger partial charge in [0.15, 0.2) is 0 Å². The maximum absolute atomic E-state index is 11.8. The predicted octanol–water partition coefficient (Wildman–Crippen LogP) is 3.79. The second-order valence-corrected chi connectivity index (χ2v) is 6.32. The van der Waals surface area contributed by atoms with Gasteiger partial charge in [-0.25, -0.2) is 14.8 Å². The van der Waals surface area contributed by atoms with E-state index in [9.17, 15) is 4.79 Å². The summed E-state index contributed by atoms with van der Waals surface area (Å²) in [5.41, 5.74) is 11.1. The first-order valence-electron chi connectivity index (χ1n) is 8.98. The van der Waals surface area contributed by atoms with E-state index in [1.165, 1.54) is 0 Å². The Morgan fingerprint density at radius 2 is 1.93 bits per heavy atom. The number of fused-ring (bicyclic) bond motifs is 1. The van der Waals surface area contributed by atoms with Gasteiger partial charge in [-0.2, -0.15) is 0 Å². The summed E-state index contributed by atoms with van der Waals surface area (Å²) in [6, 6.07) is 15.2. The zero-order chi connectivity index (χ0) is 19.5. The maximum atomic E-state index is 11.8. The molecule has 3 aromatic heterocycles. The van der Waals surface area contributed by atoms with Gasteiger partial charge in [-0.05, 0) is 48.9 Å². The molecular formula is C21H20N6O. The summed E-state index contributed by atoms with van der Waals surface area (Å²) in [5, 5.41) is 5.55. The zero-order valence-corrected chi connectivity index (χ0v) is 15.4. The van der Waals surface area contributed by atoms with Crippen molar-refractivity contribution in [3.63, 3.8) is 0 Å². The minimum atomic E-state index is -0.223. The summed E-state index contributed by atoms with van der Waals surface area (Å²) in [6.45, 7) is 2.45.